The summed E-state index contributed by atoms with van der Waals surface area (Å²) in [6.45, 7) is 5.75. The van der Waals surface area contributed by atoms with E-state index in [0.717, 1.165) is 17.7 Å². The molecule has 0 spiro atoms. The number of carbonyl (C=O) groups excluding carboxylic acids is 2. The number of nitrogens with one attached hydrogen (secondary N) is 1. The number of amides is 1. The minimum Gasteiger partial charge on any atom is -0.452 e. The monoisotopic (exact) mass is 407 g/mol. The Hall–Kier alpha value is -2.04. The second kappa shape index (κ2) is 9.77. The molecule has 144 valence electrons. The quantitative estimate of drug-likeness (QED) is 0.605. The fourth-order valence-corrected chi connectivity index (χ4v) is 2.92. The molecule has 0 aliphatic rings. The van der Waals surface area contributed by atoms with Crippen molar-refractivity contribution in [2.75, 3.05) is 5.32 Å². The van der Waals surface area contributed by atoms with Gasteiger partial charge in [-0.05, 0) is 48.6 Å². The fraction of sp³-hybridized carbons (Fsp3) is 0.333. The van der Waals surface area contributed by atoms with Gasteiger partial charge in [0.15, 0.2) is 6.10 Å². The van der Waals surface area contributed by atoms with Crippen LogP contribution in [0.25, 0.3) is 0 Å². The first-order valence-corrected chi connectivity index (χ1v) is 9.60. The molecule has 2 atom stereocenters. The molecule has 0 bridgehead atoms. The molecule has 2 aromatic rings. The van der Waals surface area contributed by atoms with Gasteiger partial charge in [0.2, 0.25) is 0 Å². The highest BCUT2D eigenvalue weighted by Crippen LogP contribution is 2.27. The number of rotatable bonds is 7. The van der Waals surface area contributed by atoms with Crippen molar-refractivity contribution in [1.82, 2.24) is 0 Å². The van der Waals surface area contributed by atoms with Crippen LogP contribution >= 0.6 is 23.2 Å². The predicted molar refractivity (Wildman–Crippen MR) is 109 cm³/mol. The van der Waals surface area contributed by atoms with Gasteiger partial charge >= 0.3 is 5.97 Å². The smallest absolute Gasteiger partial charge is 0.311 e. The fourth-order valence-electron chi connectivity index (χ4n) is 2.60. The summed E-state index contributed by atoms with van der Waals surface area (Å²) in [5, 5.41) is 3.64. The number of hydrogen-bond acceptors (Lipinski definition) is 3. The minimum atomic E-state index is -0.912. The first-order chi connectivity index (χ1) is 12.8. The van der Waals surface area contributed by atoms with E-state index in [1.807, 2.05) is 24.3 Å². The Bertz CT molecular complexity index is 823. The van der Waals surface area contributed by atoms with Gasteiger partial charge in [-0.3, -0.25) is 9.59 Å². The van der Waals surface area contributed by atoms with Crippen molar-refractivity contribution in [2.24, 2.45) is 0 Å². The molecule has 1 N–H and O–H groups in total. The lowest BCUT2D eigenvalue weighted by Gasteiger charge is -2.18. The molecule has 0 aromatic heterocycles. The zero-order valence-electron chi connectivity index (χ0n) is 15.6. The van der Waals surface area contributed by atoms with Crippen LogP contribution in [0.3, 0.4) is 0 Å². The molecule has 0 saturated heterocycles. The van der Waals surface area contributed by atoms with Gasteiger partial charge in [0, 0.05) is 5.69 Å². The van der Waals surface area contributed by atoms with E-state index in [4.69, 9.17) is 27.9 Å². The number of para-hydroxylation sites is 1. The molecule has 2 aromatic carbocycles. The Kier molecular flexibility index (Phi) is 7.69. The molecule has 0 radical (unpaired) electrons. The maximum atomic E-state index is 12.4. The molecule has 0 saturated carbocycles. The molecule has 4 nitrogen and oxygen atoms in total. The Morgan fingerprint density at radius 2 is 1.78 bits per heavy atom. The standard InChI is InChI=1S/C21H23Cl2NO3/c1-4-13(2)16-7-5-6-8-19(16)24-21(26)14(3)27-20(25)12-15-9-10-17(22)18(23)11-15/h5-11,13-14H,4,12H2,1-3H3,(H,24,26)/t13-,14-/m0/s1. The molecule has 0 aliphatic heterocycles. The summed E-state index contributed by atoms with van der Waals surface area (Å²) in [4.78, 5) is 24.6. The Labute approximate surface area is 169 Å². The number of ether oxygens (including phenoxy) is 1. The van der Waals surface area contributed by atoms with Crippen LogP contribution in [0.1, 0.15) is 44.2 Å². The summed E-state index contributed by atoms with van der Waals surface area (Å²) in [5.74, 6) is -0.562. The van der Waals surface area contributed by atoms with E-state index in [-0.39, 0.29) is 12.3 Å². The van der Waals surface area contributed by atoms with Crippen LogP contribution < -0.4 is 5.32 Å². The molecule has 0 aliphatic carbocycles. The third-order valence-corrected chi connectivity index (χ3v) is 5.11. The third-order valence-electron chi connectivity index (χ3n) is 4.37. The van der Waals surface area contributed by atoms with E-state index in [0.29, 0.717) is 21.5 Å². The molecular formula is C21H23Cl2NO3. The summed E-state index contributed by atoms with van der Waals surface area (Å²) in [5.41, 5.74) is 2.47. The van der Waals surface area contributed by atoms with Crippen LogP contribution in [0.2, 0.25) is 10.0 Å². The van der Waals surface area contributed by atoms with Crippen molar-refractivity contribution >= 4 is 40.8 Å². The molecule has 6 heteroatoms. The van der Waals surface area contributed by atoms with Crippen LogP contribution in [0.5, 0.6) is 0 Å². The lowest BCUT2D eigenvalue weighted by atomic mass is 9.97. The van der Waals surface area contributed by atoms with E-state index in [1.54, 1.807) is 25.1 Å². The van der Waals surface area contributed by atoms with Crippen molar-refractivity contribution < 1.29 is 14.3 Å². The number of carbonyl (C=O) groups is 2. The van der Waals surface area contributed by atoms with E-state index in [9.17, 15) is 9.59 Å². The second-order valence-electron chi connectivity index (χ2n) is 6.44. The predicted octanol–water partition coefficient (Wildman–Crippen LogP) is 5.62. The SMILES string of the molecule is CC[C@H](C)c1ccccc1NC(=O)[C@H](C)OC(=O)Cc1ccc(Cl)c(Cl)c1. The Morgan fingerprint density at radius 1 is 1.07 bits per heavy atom. The molecule has 0 fully saturated rings. The van der Waals surface area contributed by atoms with Gasteiger partial charge in [-0.25, -0.2) is 0 Å². The van der Waals surface area contributed by atoms with Crippen LogP contribution in [0.15, 0.2) is 42.5 Å². The summed E-state index contributed by atoms with van der Waals surface area (Å²) >= 11 is 11.8. The molecule has 0 heterocycles. The van der Waals surface area contributed by atoms with Gasteiger partial charge in [-0.1, -0.05) is 61.3 Å². The van der Waals surface area contributed by atoms with Gasteiger partial charge < -0.3 is 10.1 Å². The summed E-state index contributed by atoms with van der Waals surface area (Å²) in [7, 11) is 0. The summed E-state index contributed by atoms with van der Waals surface area (Å²) in [6, 6.07) is 12.6. The van der Waals surface area contributed by atoms with Crippen LogP contribution in [-0.4, -0.2) is 18.0 Å². The third kappa shape index (κ3) is 5.98. The van der Waals surface area contributed by atoms with E-state index >= 15 is 0 Å². The molecule has 2 rings (SSSR count). The van der Waals surface area contributed by atoms with E-state index in [2.05, 4.69) is 19.2 Å². The lowest BCUT2D eigenvalue weighted by molar-refractivity contribution is -0.152. The van der Waals surface area contributed by atoms with Crippen LogP contribution in [0, 0.1) is 0 Å². The topological polar surface area (TPSA) is 55.4 Å². The highest BCUT2D eigenvalue weighted by Gasteiger charge is 2.20. The number of esters is 1. The van der Waals surface area contributed by atoms with Gasteiger partial charge in [0.1, 0.15) is 0 Å². The highest BCUT2D eigenvalue weighted by molar-refractivity contribution is 6.42. The number of hydrogen-bond donors (Lipinski definition) is 1. The summed E-state index contributed by atoms with van der Waals surface area (Å²) < 4.78 is 5.26. The van der Waals surface area contributed by atoms with Crippen molar-refractivity contribution in [1.29, 1.82) is 0 Å². The van der Waals surface area contributed by atoms with E-state index < -0.39 is 12.1 Å². The summed E-state index contributed by atoms with van der Waals surface area (Å²) in [6.07, 6.45) is 0.0595. The molecule has 0 unspecified atom stereocenters. The number of benzene rings is 2. The van der Waals surface area contributed by atoms with Crippen LogP contribution in [-0.2, 0) is 20.7 Å². The Balaban J connectivity index is 1.97. The first-order valence-electron chi connectivity index (χ1n) is 8.85. The average molecular weight is 408 g/mol. The number of anilines is 1. The first kappa shape index (κ1) is 21.3. The van der Waals surface area contributed by atoms with Gasteiger partial charge in [-0.15, -0.1) is 0 Å². The highest BCUT2D eigenvalue weighted by atomic mass is 35.5. The van der Waals surface area contributed by atoms with Crippen molar-refractivity contribution in [2.45, 2.75) is 45.6 Å². The lowest BCUT2D eigenvalue weighted by Crippen LogP contribution is -2.30. The molecule has 27 heavy (non-hydrogen) atoms. The molecule has 1 amide bonds. The maximum absolute atomic E-state index is 12.4. The zero-order valence-corrected chi connectivity index (χ0v) is 17.1. The number of halogens is 2. The minimum absolute atomic E-state index is 0.0119. The molecular weight excluding hydrogens is 385 g/mol. The Morgan fingerprint density at radius 3 is 2.44 bits per heavy atom. The van der Waals surface area contributed by atoms with Crippen LogP contribution in [0.4, 0.5) is 5.69 Å². The normalized spacial score (nSPS) is 12.9. The zero-order chi connectivity index (χ0) is 20.0. The largest absolute Gasteiger partial charge is 0.452 e. The average Bonchev–Trinajstić information content (AvgIpc) is 2.64. The van der Waals surface area contributed by atoms with Crippen molar-refractivity contribution in [3.05, 3.63) is 63.6 Å². The van der Waals surface area contributed by atoms with Gasteiger partial charge in [0.05, 0.1) is 16.5 Å². The van der Waals surface area contributed by atoms with Gasteiger partial charge in [-0.2, -0.15) is 0 Å². The van der Waals surface area contributed by atoms with Gasteiger partial charge in [0.25, 0.3) is 5.91 Å². The van der Waals surface area contributed by atoms with Crippen molar-refractivity contribution in [3.63, 3.8) is 0 Å². The second-order valence-corrected chi connectivity index (χ2v) is 7.26. The van der Waals surface area contributed by atoms with E-state index in [1.165, 1.54) is 0 Å². The van der Waals surface area contributed by atoms with Crippen molar-refractivity contribution in [3.8, 4) is 0 Å². The maximum Gasteiger partial charge on any atom is 0.311 e.